The molecule has 0 bridgehead atoms. The van der Waals surface area contributed by atoms with Crippen molar-refractivity contribution in [2.24, 2.45) is 0 Å². The van der Waals surface area contributed by atoms with Crippen LogP contribution in [0.1, 0.15) is 33.0 Å². The Morgan fingerprint density at radius 2 is 2.10 bits per heavy atom. The molecular weight excluding hydrogens is 302 g/mol. The molecule has 0 N–H and O–H groups in total. The number of hydrogen-bond acceptors (Lipinski definition) is 4. The highest BCUT2D eigenvalue weighted by Gasteiger charge is 2.20. The number of hydrogen-bond donors (Lipinski definition) is 0. The number of imidazole rings is 1. The van der Waals surface area contributed by atoms with Gasteiger partial charge in [0.2, 0.25) is 5.91 Å². The minimum Gasteiger partial charge on any atom is -0.342 e. The zero-order chi connectivity index (χ0) is 15.5. The van der Waals surface area contributed by atoms with Crippen molar-refractivity contribution in [3.8, 4) is 0 Å². The van der Waals surface area contributed by atoms with Gasteiger partial charge in [-0.25, -0.2) is 13.4 Å². The minimum atomic E-state index is -3.88. The van der Waals surface area contributed by atoms with Crippen LogP contribution in [0.3, 0.4) is 0 Å². The van der Waals surface area contributed by atoms with Gasteiger partial charge in [-0.15, -0.1) is 0 Å². The van der Waals surface area contributed by atoms with E-state index < -0.39 is 9.05 Å². The number of nitrogens with zero attached hydrogens (tertiary/aromatic N) is 3. The first-order chi connectivity index (χ1) is 9.16. The molecule has 20 heavy (non-hydrogen) atoms. The molecule has 1 aromatic rings. The zero-order valence-corrected chi connectivity index (χ0v) is 13.7. The van der Waals surface area contributed by atoms with E-state index in [1.807, 2.05) is 20.8 Å². The van der Waals surface area contributed by atoms with Crippen LogP contribution in [0, 0.1) is 0 Å². The Bertz CT molecular complexity index is 581. The van der Waals surface area contributed by atoms with E-state index in [9.17, 15) is 13.2 Å². The first kappa shape index (κ1) is 17.0. The number of halogens is 1. The average molecular weight is 322 g/mol. The van der Waals surface area contributed by atoms with Crippen molar-refractivity contribution >= 4 is 25.6 Å². The summed E-state index contributed by atoms with van der Waals surface area (Å²) >= 11 is 0. The molecule has 114 valence electrons. The van der Waals surface area contributed by atoms with Crippen LogP contribution in [-0.2, 0) is 26.8 Å². The van der Waals surface area contributed by atoms with Crippen molar-refractivity contribution in [2.45, 2.75) is 51.2 Å². The van der Waals surface area contributed by atoms with Crippen LogP contribution in [0.25, 0.3) is 0 Å². The number of carbonyl (C=O) groups excluding carboxylic acids is 1. The molecule has 0 fully saturated rings. The fourth-order valence-corrected chi connectivity index (χ4v) is 2.34. The molecule has 0 aromatic carbocycles. The maximum Gasteiger partial charge on any atom is 0.280 e. The number of carbonyl (C=O) groups is 1. The highest BCUT2D eigenvalue weighted by atomic mass is 35.7. The molecule has 0 spiro atoms. The molecule has 1 rings (SSSR count). The summed E-state index contributed by atoms with van der Waals surface area (Å²) in [7, 11) is 3.13. The molecule has 6 nitrogen and oxygen atoms in total. The average Bonchev–Trinajstić information content (AvgIpc) is 2.71. The van der Waals surface area contributed by atoms with E-state index in [-0.39, 0.29) is 23.5 Å². The summed E-state index contributed by atoms with van der Waals surface area (Å²) in [6, 6.07) is 0.0804. The number of aromatic nitrogens is 2. The van der Waals surface area contributed by atoms with E-state index >= 15 is 0 Å². The van der Waals surface area contributed by atoms with Gasteiger partial charge in [0.05, 0.1) is 0 Å². The zero-order valence-electron chi connectivity index (χ0n) is 12.1. The fourth-order valence-electron chi connectivity index (χ4n) is 1.65. The normalized spacial score (nSPS) is 11.9. The van der Waals surface area contributed by atoms with Gasteiger partial charge in [0.25, 0.3) is 9.05 Å². The predicted molar refractivity (Wildman–Crippen MR) is 77.2 cm³/mol. The van der Waals surface area contributed by atoms with Crippen molar-refractivity contribution in [1.29, 1.82) is 0 Å². The van der Waals surface area contributed by atoms with Crippen LogP contribution in [0.15, 0.2) is 11.2 Å². The van der Waals surface area contributed by atoms with E-state index in [4.69, 9.17) is 10.7 Å². The topological polar surface area (TPSA) is 72.3 Å². The van der Waals surface area contributed by atoms with Gasteiger partial charge in [-0.3, -0.25) is 4.79 Å². The number of likely N-dealkylation sites (N-methyl/N-ethyl adjacent to an activating group) is 1. The van der Waals surface area contributed by atoms with Crippen molar-refractivity contribution in [3.63, 3.8) is 0 Å². The molecule has 8 heteroatoms. The molecule has 0 aliphatic carbocycles. The van der Waals surface area contributed by atoms with Crippen LogP contribution in [0.4, 0.5) is 0 Å². The maximum absolute atomic E-state index is 12.1. The van der Waals surface area contributed by atoms with E-state index in [1.54, 1.807) is 16.5 Å². The van der Waals surface area contributed by atoms with Crippen LogP contribution in [0.5, 0.6) is 0 Å². The third kappa shape index (κ3) is 4.21. The van der Waals surface area contributed by atoms with Gasteiger partial charge in [0.15, 0.2) is 5.03 Å². The Labute approximate surface area is 124 Å². The smallest absolute Gasteiger partial charge is 0.280 e. The standard InChI is InChI=1S/C12H20ClN3O3S/c1-5-6-10-14-11(20(13,18)19)7-16(10)8-12(17)15(4)9(2)3/h7,9H,5-6,8H2,1-4H3. The monoisotopic (exact) mass is 321 g/mol. The van der Waals surface area contributed by atoms with Crippen LogP contribution in [-0.4, -0.2) is 41.9 Å². The molecule has 0 unspecified atom stereocenters. The van der Waals surface area contributed by atoms with Crippen molar-refractivity contribution in [3.05, 3.63) is 12.0 Å². The van der Waals surface area contributed by atoms with E-state index in [2.05, 4.69) is 4.98 Å². The Hall–Kier alpha value is -1.08. The Morgan fingerprint density at radius 3 is 2.55 bits per heavy atom. The second kappa shape index (κ2) is 6.58. The summed E-state index contributed by atoms with van der Waals surface area (Å²) in [6.45, 7) is 5.83. The summed E-state index contributed by atoms with van der Waals surface area (Å²) in [5.74, 6) is 0.450. The molecule has 0 saturated heterocycles. The van der Waals surface area contributed by atoms with E-state index in [0.717, 1.165) is 6.42 Å². The Morgan fingerprint density at radius 1 is 1.50 bits per heavy atom. The molecule has 0 radical (unpaired) electrons. The largest absolute Gasteiger partial charge is 0.342 e. The van der Waals surface area contributed by atoms with Crippen molar-refractivity contribution < 1.29 is 13.2 Å². The molecule has 1 aromatic heterocycles. The number of aryl methyl sites for hydroxylation is 1. The first-order valence-electron chi connectivity index (χ1n) is 6.43. The predicted octanol–water partition coefficient (Wildman–Crippen LogP) is 1.63. The van der Waals surface area contributed by atoms with Crippen LogP contribution in [0.2, 0.25) is 0 Å². The second-order valence-corrected chi connectivity index (χ2v) is 7.42. The highest BCUT2D eigenvalue weighted by Crippen LogP contribution is 2.16. The Kier molecular flexibility index (Phi) is 5.59. The summed E-state index contributed by atoms with van der Waals surface area (Å²) in [4.78, 5) is 17.7. The lowest BCUT2D eigenvalue weighted by molar-refractivity contribution is -0.132. The van der Waals surface area contributed by atoms with Gasteiger partial charge < -0.3 is 9.47 Å². The fraction of sp³-hybridized carbons (Fsp3) is 0.667. The van der Waals surface area contributed by atoms with Gasteiger partial charge in [0, 0.05) is 36.4 Å². The molecule has 1 amide bonds. The SMILES string of the molecule is CCCc1nc(S(=O)(=O)Cl)cn1CC(=O)N(C)C(C)C. The number of rotatable bonds is 6. The molecule has 1 heterocycles. The molecular formula is C12H20ClN3O3S. The van der Waals surface area contributed by atoms with Gasteiger partial charge in [0.1, 0.15) is 12.4 Å². The number of amides is 1. The maximum atomic E-state index is 12.1. The minimum absolute atomic E-state index is 0.0590. The molecule has 0 atom stereocenters. The summed E-state index contributed by atoms with van der Waals surface area (Å²) in [5.41, 5.74) is 0. The molecule has 0 aliphatic rings. The summed E-state index contributed by atoms with van der Waals surface area (Å²) in [6.07, 6.45) is 2.71. The summed E-state index contributed by atoms with van der Waals surface area (Å²) < 4.78 is 24.2. The van der Waals surface area contributed by atoms with Gasteiger partial charge in [-0.05, 0) is 20.3 Å². The molecule has 0 saturated carbocycles. The lowest BCUT2D eigenvalue weighted by Gasteiger charge is -2.22. The van der Waals surface area contributed by atoms with Gasteiger partial charge in [-0.2, -0.15) is 0 Å². The van der Waals surface area contributed by atoms with E-state index in [0.29, 0.717) is 12.2 Å². The third-order valence-electron chi connectivity index (χ3n) is 3.03. The second-order valence-electron chi connectivity index (χ2n) is 4.91. The van der Waals surface area contributed by atoms with Gasteiger partial charge >= 0.3 is 0 Å². The lowest BCUT2D eigenvalue weighted by Crippen LogP contribution is -2.35. The van der Waals surface area contributed by atoms with Crippen molar-refractivity contribution in [2.75, 3.05) is 7.05 Å². The molecule has 0 aliphatic heterocycles. The Balaban J connectivity index is 3.04. The quantitative estimate of drug-likeness (QED) is 0.746. The van der Waals surface area contributed by atoms with Gasteiger partial charge in [-0.1, -0.05) is 6.92 Å². The van der Waals surface area contributed by atoms with Crippen molar-refractivity contribution in [1.82, 2.24) is 14.5 Å². The van der Waals surface area contributed by atoms with Crippen LogP contribution >= 0.6 is 10.7 Å². The highest BCUT2D eigenvalue weighted by molar-refractivity contribution is 8.13. The lowest BCUT2D eigenvalue weighted by atomic mass is 10.3. The first-order valence-corrected chi connectivity index (χ1v) is 8.74. The third-order valence-corrected chi connectivity index (χ3v) is 4.20. The van der Waals surface area contributed by atoms with Crippen LogP contribution < -0.4 is 0 Å². The van der Waals surface area contributed by atoms with E-state index in [1.165, 1.54) is 6.20 Å². The summed E-state index contributed by atoms with van der Waals surface area (Å²) in [5, 5.41) is -0.206.